The average molecular weight is 223 g/mol. The number of rotatable bonds is 2. The molecule has 0 saturated heterocycles. The summed E-state index contributed by atoms with van der Waals surface area (Å²) in [6, 6.07) is 3.39. The van der Waals surface area contributed by atoms with Crippen LogP contribution in [0.4, 0.5) is 0 Å². The maximum Gasteiger partial charge on any atom is 1.00 e. The van der Waals surface area contributed by atoms with Crippen molar-refractivity contribution < 1.29 is 30.2 Å². The van der Waals surface area contributed by atoms with Gasteiger partial charge in [-0.15, -0.1) is 0 Å². The van der Waals surface area contributed by atoms with Crippen LogP contribution in [-0.2, 0) is 0 Å². The summed E-state index contributed by atoms with van der Waals surface area (Å²) < 4.78 is 0. The molecule has 5 nitrogen and oxygen atoms in total. The number of aromatic carboxylic acids is 1. The fraction of sp³-hybridized carbons (Fsp3) is 0.0909. The van der Waals surface area contributed by atoms with Crippen molar-refractivity contribution in [2.45, 2.75) is 6.92 Å². The first-order valence-corrected chi connectivity index (χ1v) is 4.66. The summed E-state index contributed by atoms with van der Waals surface area (Å²) in [4.78, 5) is 22.9. The standard InChI is InChI=1S/C11H9N3O2.Li.H/c1-7-5-8(9(11(15)16)14-6-7)10-12-3-2-4-13-10;;/h2-6H,1H3,(H,15,16);;/q;+1;-1. The van der Waals surface area contributed by atoms with Gasteiger partial charge in [-0.25, -0.2) is 19.7 Å². The minimum absolute atomic E-state index is 0. The van der Waals surface area contributed by atoms with Crippen molar-refractivity contribution in [3.05, 3.63) is 42.0 Å². The second-order valence-electron chi connectivity index (χ2n) is 3.29. The number of pyridine rings is 1. The Balaban J connectivity index is 0.00000144. The summed E-state index contributed by atoms with van der Waals surface area (Å²) in [5.74, 6) is -0.710. The second kappa shape index (κ2) is 5.57. The zero-order chi connectivity index (χ0) is 11.5. The molecule has 0 fully saturated rings. The zero-order valence-electron chi connectivity index (χ0n) is 10.6. The Bertz CT molecular complexity index is 537. The molecule has 0 spiro atoms. The summed E-state index contributed by atoms with van der Waals surface area (Å²) in [7, 11) is 0. The molecule has 2 aromatic rings. The largest absolute Gasteiger partial charge is 1.00 e. The van der Waals surface area contributed by atoms with E-state index in [-0.39, 0.29) is 26.0 Å². The molecule has 0 aliphatic rings. The van der Waals surface area contributed by atoms with Gasteiger partial charge in [0, 0.05) is 18.6 Å². The quantitative estimate of drug-likeness (QED) is 0.638. The van der Waals surface area contributed by atoms with E-state index in [1.54, 1.807) is 24.5 Å². The smallest absolute Gasteiger partial charge is 1.00 e. The Morgan fingerprint density at radius 1 is 1.29 bits per heavy atom. The van der Waals surface area contributed by atoms with E-state index in [4.69, 9.17) is 5.11 Å². The van der Waals surface area contributed by atoms with Crippen molar-refractivity contribution >= 4 is 5.97 Å². The summed E-state index contributed by atoms with van der Waals surface area (Å²) in [6.45, 7) is 1.84. The maximum atomic E-state index is 11.0. The van der Waals surface area contributed by atoms with E-state index < -0.39 is 5.97 Å². The number of carbonyl (C=O) groups is 1. The van der Waals surface area contributed by atoms with Crippen molar-refractivity contribution in [3.8, 4) is 11.4 Å². The van der Waals surface area contributed by atoms with Gasteiger partial charge in [-0.3, -0.25) is 0 Å². The molecule has 0 unspecified atom stereocenters. The first kappa shape index (κ1) is 13.4. The van der Waals surface area contributed by atoms with E-state index in [1.807, 2.05) is 6.92 Å². The summed E-state index contributed by atoms with van der Waals surface area (Å²) in [5.41, 5.74) is 1.28. The third-order valence-electron chi connectivity index (χ3n) is 2.03. The molecule has 0 aliphatic carbocycles. The molecular weight excluding hydrogens is 213 g/mol. The van der Waals surface area contributed by atoms with Crippen LogP contribution in [0, 0.1) is 6.92 Å². The molecule has 0 atom stereocenters. The van der Waals surface area contributed by atoms with Gasteiger partial charge in [0.1, 0.15) is 0 Å². The van der Waals surface area contributed by atoms with Crippen LogP contribution in [-0.4, -0.2) is 26.0 Å². The van der Waals surface area contributed by atoms with E-state index >= 15 is 0 Å². The molecule has 0 bridgehead atoms. The van der Waals surface area contributed by atoms with Gasteiger partial charge >= 0.3 is 24.8 Å². The Labute approximate surface area is 112 Å². The third-order valence-corrected chi connectivity index (χ3v) is 2.03. The van der Waals surface area contributed by atoms with Crippen molar-refractivity contribution in [1.29, 1.82) is 0 Å². The third kappa shape index (κ3) is 2.90. The number of hydrogen-bond donors (Lipinski definition) is 1. The number of aromatic nitrogens is 3. The van der Waals surface area contributed by atoms with Gasteiger partial charge in [0.25, 0.3) is 0 Å². The Morgan fingerprint density at radius 3 is 2.53 bits per heavy atom. The average Bonchev–Trinajstić information content (AvgIpc) is 2.29. The first-order chi connectivity index (χ1) is 7.68. The van der Waals surface area contributed by atoms with Crippen LogP contribution in [0.15, 0.2) is 30.7 Å². The number of hydrogen-bond acceptors (Lipinski definition) is 4. The van der Waals surface area contributed by atoms with Crippen molar-refractivity contribution in [3.63, 3.8) is 0 Å². The number of carboxylic acid groups (broad SMARTS) is 1. The van der Waals surface area contributed by atoms with Gasteiger partial charge in [0.2, 0.25) is 0 Å². The number of carboxylic acids is 1. The van der Waals surface area contributed by atoms with Gasteiger partial charge in [-0.05, 0) is 24.6 Å². The van der Waals surface area contributed by atoms with E-state index in [0.29, 0.717) is 11.4 Å². The van der Waals surface area contributed by atoms with Crippen LogP contribution in [0.25, 0.3) is 11.4 Å². The molecule has 0 radical (unpaired) electrons. The Hall–Kier alpha value is -1.70. The Morgan fingerprint density at radius 2 is 1.94 bits per heavy atom. The second-order valence-corrected chi connectivity index (χ2v) is 3.29. The first-order valence-electron chi connectivity index (χ1n) is 4.66. The SMILES string of the molecule is Cc1cnc(C(=O)O)c(-c2ncccn2)c1.[H-].[Li+]. The summed E-state index contributed by atoms with van der Waals surface area (Å²) in [5, 5.41) is 9.00. The van der Waals surface area contributed by atoms with Gasteiger partial charge < -0.3 is 6.53 Å². The molecule has 82 valence electrons. The monoisotopic (exact) mass is 223 g/mol. The van der Waals surface area contributed by atoms with Crippen LogP contribution in [0.1, 0.15) is 17.5 Å². The van der Waals surface area contributed by atoms with Crippen LogP contribution in [0.2, 0.25) is 0 Å². The molecule has 1 N–H and O–H groups in total. The molecule has 6 heteroatoms. The Kier molecular flexibility index (Phi) is 4.38. The van der Waals surface area contributed by atoms with Gasteiger partial charge in [0.05, 0.1) is 5.56 Å². The van der Waals surface area contributed by atoms with E-state index in [1.165, 1.54) is 6.20 Å². The zero-order valence-corrected chi connectivity index (χ0v) is 9.58. The number of nitrogens with zero attached hydrogens (tertiary/aromatic N) is 3. The van der Waals surface area contributed by atoms with Gasteiger partial charge in [-0.1, -0.05) is 0 Å². The van der Waals surface area contributed by atoms with Crippen molar-refractivity contribution in [1.82, 2.24) is 15.0 Å². The van der Waals surface area contributed by atoms with Crippen LogP contribution < -0.4 is 18.9 Å². The minimum atomic E-state index is -1.08. The predicted molar refractivity (Wildman–Crippen MR) is 58.1 cm³/mol. The normalized spacial score (nSPS) is 9.47. The van der Waals surface area contributed by atoms with Crippen LogP contribution in [0.3, 0.4) is 0 Å². The van der Waals surface area contributed by atoms with Crippen molar-refractivity contribution in [2.24, 2.45) is 0 Å². The fourth-order valence-corrected chi connectivity index (χ4v) is 1.35. The molecule has 0 saturated carbocycles. The summed E-state index contributed by atoms with van der Waals surface area (Å²) in [6.07, 6.45) is 4.64. The minimum Gasteiger partial charge on any atom is -1.00 e. The van der Waals surface area contributed by atoms with Crippen molar-refractivity contribution in [2.75, 3.05) is 0 Å². The molecule has 2 heterocycles. The molecule has 0 aliphatic heterocycles. The molecule has 0 amide bonds. The molecular formula is C11H10LiN3O2. The molecule has 2 rings (SSSR count). The van der Waals surface area contributed by atoms with E-state index in [9.17, 15) is 4.79 Å². The van der Waals surface area contributed by atoms with Gasteiger partial charge in [-0.2, -0.15) is 0 Å². The maximum absolute atomic E-state index is 11.0. The predicted octanol–water partition coefficient (Wildman–Crippen LogP) is -1.34. The van der Waals surface area contributed by atoms with Crippen LogP contribution >= 0.6 is 0 Å². The topological polar surface area (TPSA) is 76.0 Å². The van der Waals surface area contributed by atoms with Crippen LogP contribution in [0.5, 0.6) is 0 Å². The fourth-order valence-electron chi connectivity index (χ4n) is 1.35. The summed E-state index contributed by atoms with van der Waals surface area (Å²) >= 11 is 0. The van der Waals surface area contributed by atoms with E-state index in [0.717, 1.165) is 5.56 Å². The molecule has 0 aromatic carbocycles. The van der Waals surface area contributed by atoms with E-state index in [2.05, 4.69) is 15.0 Å². The number of aryl methyl sites for hydroxylation is 1. The molecule has 2 aromatic heterocycles. The molecule has 17 heavy (non-hydrogen) atoms. The van der Waals surface area contributed by atoms with Gasteiger partial charge in [0.15, 0.2) is 11.5 Å².